The minimum atomic E-state index is -0.577. The first-order valence-corrected chi connectivity index (χ1v) is 12.5. The minimum Gasteiger partial charge on any atom is -0.321 e. The summed E-state index contributed by atoms with van der Waals surface area (Å²) in [6.07, 6.45) is 0. The first kappa shape index (κ1) is 25.9. The third kappa shape index (κ3) is 4.68. The molecule has 0 atom stereocenters. The van der Waals surface area contributed by atoms with Crippen LogP contribution in [0.1, 0.15) is 52.6 Å². The van der Waals surface area contributed by atoms with Crippen LogP contribution in [-0.4, -0.2) is 23.4 Å². The van der Waals surface area contributed by atoms with Crippen LogP contribution in [0.25, 0.3) is 0 Å². The van der Waals surface area contributed by atoms with Crippen LogP contribution in [0.3, 0.4) is 0 Å². The van der Waals surface area contributed by atoms with Crippen molar-refractivity contribution in [2.45, 2.75) is 0 Å². The van der Waals surface area contributed by atoms with Crippen LogP contribution in [0.4, 0.5) is 11.4 Å². The van der Waals surface area contributed by atoms with Crippen molar-refractivity contribution < 1.29 is 19.2 Å². The zero-order valence-corrected chi connectivity index (χ0v) is 22.1. The van der Waals surface area contributed by atoms with Gasteiger partial charge in [-0.1, -0.05) is 70.7 Å². The van der Waals surface area contributed by atoms with E-state index in [1.807, 2.05) is 0 Å². The Bertz CT molecular complexity index is 1580. The van der Waals surface area contributed by atoms with Gasteiger partial charge in [0.1, 0.15) is 0 Å². The highest BCUT2D eigenvalue weighted by atomic mass is 35.5. The van der Waals surface area contributed by atoms with Gasteiger partial charge in [0.05, 0.1) is 43.7 Å². The van der Waals surface area contributed by atoms with Crippen molar-refractivity contribution in [3.63, 3.8) is 0 Å². The summed E-state index contributed by atoms with van der Waals surface area (Å²) in [5.41, 5.74) is 0.807. The Morgan fingerprint density at radius 3 is 1.32 bits per heavy atom. The number of hydrogen-bond acceptors (Lipinski definition) is 4. The quantitative estimate of drug-likeness (QED) is 0.228. The summed E-state index contributed by atoms with van der Waals surface area (Å²) in [5, 5.41) is 6.34. The Morgan fingerprint density at radius 2 is 0.947 bits per heavy atom. The van der Waals surface area contributed by atoms with E-state index in [9.17, 15) is 19.2 Å². The number of halogens is 4. The van der Waals surface area contributed by atoms with Crippen molar-refractivity contribution >= 4 is 81.2 Å². The molecule has 0 aromatic heterocycles. The highest BCUT2D eigenvalue weighted by Gasteiger charge is 2.34. The van der Waals surface area contributed by atoms with E-state index < -0.39 is 23.4 Å². The molecule has 4 aromatic rings. The van der Waals surface area contributed by atoms with Crippen LogP contribution < -0.4 is 10.6 Å². The van der Waals surface area contributed by atoms with E-state index in [-0.39, 0.29) is 54.8 Å². The second kappa shape index (κ2) is 10.2. The smallest absolute Gasteiger partial charge is 0.257 e. The van der Waals surface area contributed by atoms with Gasteiger partial charge in [-0.05, 0) is 48.5 Å². The first-order chi connectivity index (χ1) is 18.2. The Hall–Kier alpha value is -3.68. The number of rotatable bonds is 4. The van der Waals surface area contributed by atoms with Gasteiger partial charge in [0.2, 0.25) is 0 Å². The Labute approximate surface area is 236 Å². The number of amides is 2. The minimum absolute atomic E-state index is 0.0349. The molecule has 0 saturated carbocycles. The molecule has 10 heteroatoms. The first-order valence-electron chi connectivity index (χ1n) is 11.0. The van der Waals surface area contributed by atoms with Crippen LogP contribution >= 0.6 is 46.4 Å². The summed E-state index contributed by atoms with van der Waals surface area (Å²) in [4.78, 5) is 53.1. The van der Waals surface area contributed by atoms with E-state index in [1.54, 1.807) is 12.1 Å². The number of fused-ring (bicyclic) bond motifs is 2. The molecule has 4 aromatic carbocycles. The number of benzene rings is 4. The number of nitrogens with one attached hydrogen (secondary N) is 2. The molecular formula is C28H14Cl4N2O4. The van der Waals surface area contributed by atoms with Crippen molar-refractivity contribution in [2.24, 2.45) is 0 Å². The SMILES string of the molecule is O=C(Nc1cccc2c1C(=O)c1cccc(NC(=O)c3ccc(Cl)cc3Cl)c1C2=O)c1ccc(Cl)cc1Cl. The van der Waals surface area contributed by atoms with Crippen molar-refractivity contribution in [1.29, 1.82) is 0 Å². The van der Waals surface area contributed by atoms with Gasteiger partial charge in [-0.15, -0.1) is 0 Å². The summed E-state index contributed by atoms with van der Waals surface area (Å²) in [5.74, 6) is -2.14. The second-order valence-electron chi connectivity index (χ2n) is 8.27. The highest BCUT2D eigenvalue weighted by molar-refractivity contribution is 6.38. The molecule has 2 amide bonds. The monoisotopic (exact) mass is 582 g/mol. The zero-order valence-electron chi connectivity index (χ0n) is 19.1. The van der Waals surface area contributed by atoms with Crippen molar-refractivity contribution in [1.82, 2.24) is 0 Å². The van der Waals surface area contributed by atoms with Crippen molar-refractivity contribution in [3.8, 4) is 0 Å². The average molecular weight is 584 g/mol. The number of carbonyl (C=O) groups excluding carboxylic acids is 4. The molecule has 2 N–H and O–H groups in total. The molecule has 0 saturated heterocycles. The molecular weight excluding hydrogens is 570 g/mol. The normalized spacial score (nSPS) is 12.0. The largest absolute Gasteiger partial charge is 0.321 e. The summed E-state index contributed by atoms with van der Waals surface area (Å²) < 4.78 is 0. The molecule has 188 valence electrons. The van der Waals surface area contributed by atoms with E-state index in [4.69, 9.17) is 46.4 Å². The summed E-state index contributed by atoms with van der Waals surface area (Å²) >= 11 is 24.1. The van der Waals surface area contributed by atoms with Gasteiger partial charge in [0.25, 0.3) is 11.8 Å². The Kier molecular flexibility index (Phi) is 6.99. The topological polar surface area (TPSA) is 92.3 Å². The van der Waals surface area contributed by atoms with Gasteiger partial charge in [-0.3, -0.25) is 19.2 Å². The molecule has 0 radical (unpaired) electrons. The Morgan fingerprint density at radius 1 is 0.553 bits per heavy atom. The lowest BCUT2D eigenvalue weighted by Gasteiger charge is -2.22. The lowest BCUT2D eigenvalue weighted by atomic mass is 9.82. The third-order valence-corrected chi connectivity index (χ3v) is 7.02. The van der Waals surface area contributed by atoms with Crippen LogP contribution in [0, 0.1) is 0 Å². The second-order valence-corrected chi connectivity index (χ2v) is 9.96. The number of ketones is 2. The lowest BCUT2D eigenvalue weighted by Crippen LogP contribution is -2.26. The van der Waals surface area contributed by atoms with Crippen LogP contribution in [0.15, 0.2) is 72.8 Å². The summed E-state index contributed by atoms with van der Waals surface area (Å²) in [6, 6.07) is 17.9. The van der Waals surface area contributed by atoms with Crippen LogP contribution in [-0.2, 0) is 0 Å². The van der Waals surface area contributed by atoms with Gasteiger partial charge in [0, 0.05) is 21.2 Å². The van der Waals surface area contributed by atoms with E-state index in [0.29, 0.717) is 10.0 Å². The van der Waals surface area contributed by atoms with Gasteiger partial charge >= 0.3 is 0 Å². The fourth-order valence-corrected chi connectivity index (χ4v) is 5.17. The maximum atomic E-state index is 13.6. The standard InChI is InChI=1S/C28H14Cl4N2O4/c29-13-7-9-15(19(31)11-13)27(37)33-21-5-1-3-17-23(21)26(36)18-4-2-6-22(24(18)25(17)35)34-28(38)16-10-8-14(30)12-20(16)32/h1-12H,(H,33,37)(H,34,38). The molecule has 1 aliphatic carbocycles. The molecule has 0 bridgehead atoms. The fourth-order valence-electron chi connectivity index (χ4n) is 4.18. The molecule has 38 heavy (non-hydrogen) atoms. The maximum Gasteiger partial charge on any atom is 0.257 e. The maximum absolute atomic E-state index is 13.6. The van der Waals surface area contributed by atoms with Crippen LogP contribution in [0.5, 0.6) is 0 Å². The Balaban J connectivity index is 1.51. The molecule has 0 unspecified atom stereocenters. The van der Waals surface area contributed by atoms with Crippen molar-refractivity contribution in [3.05, 3.63) is 126 Å². The predicted molar refractivity (Wildman–Crippen MR) is 149 cm³/mol. The molecule has 1 aliphatic rings. The van der Waals surface area contributed by atoms with Crippen LogP contribution in [0.2, 0.25) is 20.1 Å². The molecule has 6 nitrogen and oxygen atoms in total. The van der Waals surface area contributed by atoms with E-state index >= 15 is 0 Å². The van der Waals surface area contributed by atoms with E-state index in [0.717, 1.165) is 0 Å². The molecule has 5 rings (SSSR count). The molecule has 0 spiro atoms. The number of carbonyl (C=O) groups is 4. The highest BCUT2D eigenvalue weighted by Crippen LogP contribution is 2.36. The van der Waals surface area contributed by atoms with Crippen molar-refractivity contribution in [2.75, 3.05) is 10.6 Å². The molecule has 0 heterocycles. The number of anilines is 2. The summed E-state index contributed by atoms with van der Waals surface area (Å²) in [7, 11) is 0. The summed E-state index contributed by atoms with van der Waals surface area (Å²) in [6.45, 7) is 0. The van der Waals surface area contributed by atoms with E-state index in [1.165, 1.54) is 60.7 Å². The van der Waals surface area contributed by atoms with Gasteiger partial charge in [-0.25, -0.2) is 0 Å². The van der Waals surface area contributed by atoms with Gasteiger partial charge in [-0.2, -0.15) is 0 Å². The lowest BCUT2D eigenvalue weighted by molar-refractivity contribution is 0.0977. The zero-order chi connectivity index (χ0) is 27.1. The average Bonchev–Trinajstić information content (AvgIpc) is 2.87. The fraction of sp³-hybridized carbons (Fsp3) is 0. The third-order valence-electron chi connectivity index (χ3n) is 5.92. The van der Waals surface area contributed by atoms with Gasteiger partial charge < -0.3 is 10.6 Å². The number of hydrogen-bond donors (Lipinski definition) is 2. The molecule has 0 fully saturated rings. The predicted octanol–water partition coefficient (Wildman–Crippen LogP) is 7.58. The van der Waals surface area contributed by atoms with Gasteiger partial charge in [0.15, 0.2) is 11.6 Å². The molecule has 0 aliphatic heterocycles. The van der Waals surface area contributed by atoms with E-state index in [2.05, 4.69) is 10.6 Å².